The first-order chi connectivity index (χ1) is 8.97. The molecule has 1 unspecified atom stereocenters. The summed E-state index contributed by atoms with van der Waals surface area (Å²) in [4.78, 5) is 2.06. The van der Waals surface area contributed by atoms with E-state index in [9.17, 15) is 0 Å². The highest BCUT2D eigenvalue weighted by Gasteiger charge is 2.10. The average molecular weight is 261 g/mol. The maximum Gasteiger partial charge on any atom is 0.320 e. The van der Waals surface area contributed by atoms with Crippen LogP contribution in [-0.2, 0) is 0 Å². The fourth-order valence-corrected chi connectivity index (χ4v) is 1.76. The molecule has 0 spiro atoms. The SMILES string of the molecule is Cc1ccc(Nc2nnc(C(C)N)o2)cc1N(C)C. The van der Waals surface area contributed by atoms with E-state index < -0.39 is 0 Å². The third-order valence-electron chi connectivity index (χ3n) is 2.77. The van der Waals surface area contributed by atoms with Crippen LogP contribution in [0.1, 0.15) is 24.4 Å². The van der Waals surface area contributed by atoms with E-state index in [1.165, 1.54) is 5.56 Å². The molecule has 6 nitrogen and oxygen atoms in total. The molecule has 1 heterocycles. The van der Waals surface area contributed by atoms with Gasteiger partial charge in [0, 0.05) is 25.5 Å². The zero-order valence-electron chi connectivity index (χ0n) is 11.6. The number of hydrogen-bond donors (Lipinski definition) is 2. The predicted molar refractivity (Wildman–Crippen MR) is 75.7 cm³/mol. The molecule has 3 N–H and O–H groups in total. The number of nitrogens with one attached hydrogen (secondary N) is 1. The molecule has 0 saturated carbocycles. The molecule has 0 bridgehead atoms. The highest BCUT2D eigenvalue weighted by Crippen LogP contribution is 2.25. The minimum Gasteiger partial charge on any atom is -0.406 e. The molecule has 19 heavy (non-hydrogen) atoms. The quantitative estimate of drug-likeness (QED) is 0.878. The van der Waals surface area contributed by atoms with Crippen molar-refractivity contribution in [3.05, 3.63) is 29.7 Å². The molecule has 1 atom stereocenters. The van der Waals surface area contributed by atoms with Gasteiger partial charge in [0.2, 0.25) is 5.89 Å². The van der Waals surface area contributed by atoms with E-state index in [1.54, 1.807) is 6.92 Å². The summed E-state index contributed by atoms with van der Waals surface area (Å²) in [5, 5.41) is 10.9. The molecule has 0 radical (unpaired) electrons. The Labute approximate surface area is 112 Å². The summed E-state index contributed by atoms with van der Waals surface area (Å²) in [6.45, 7) is 3.87. The molecule has 6 heteroatoms. The lowest BCUT2D eigenvalue weighted by Gasteiger charge is -2.16. The first-order valence-corrected chi connectivity index (χ1v) is 6.11. The van der Waals surface area contributed by atoms with Crippen LogP contribution in [0.5, 0.6) is 0 Å². The van der Waals surface area contributed by atoms with Crippen molar-refractivity contribution in [1.29, 1.82) is 0 Å². The minimum atomic E-state index is -0.265. The van der Waals surface area contributed by atoms with Crippen molar-refractivity contribution in [1.82, 2.24) is 10.2 Å². The van der Waals surface area contributed by atoms with Gasteiger partial charge < -0.3 is 20.4 Å². The first-order valence-electron chi connectivity index (χ1n) is 6.11. The van der Waals surface area contributed by atoms with Crippen molar-refractivity contribution in [3.8, 4) is 0 Å². The van der Waals surface area contributed by atoms with Crippen molar-refractivity contribution in [3.63, 3.8) is 0 Å². The standard InChI is InChI=1S/C13H19N5O/c1-8-5-6-10(7-11(8)18(3)4)15-13-17-16-12(19-13)9(2)14/h5-7,9H,14H2,1-4H3,(H,15,17). The van der Waals surface area contributed by atoms with Crippen molar-refractivity contribution >= 4 is 17.4 Å². The Bertz CT molecular complexity index is 562. The molecule has 0 amide bonds. The van der Waals surface area contributed by atoms with Gasteiger partial charge in [0.1, 0.15) is 0 Å². The molecule has 102 valence electrons. The zero-order valence-corrected chi connectivity index (χ0v) is 11.6. The number of rotatable bonds is 4. The summed E-state index contributed by atoms with van der Waals surface area (Å²) in [5.74, 6) is 0.419. The van der Waals surface area contributed by atoms with Crippen LogP contribution in [0.3, 0.4) is 0 Å². The molecule has 0 aliphatic carbocycles. The van der Waals surface area contributed by atoms with Gasteiger partial charge in [0.15, 0.2) is 0 Å². The van der Waals surface area contributed by atoms with Gasteiger partial charge in [-0.1, -0.05) is 11.2 Å². The van der Waals surface area contributed by atoms with Crippen LogP contribution in [0.15, 0.2) is 22.6 Å². The monoisotopic (exact) mass is 261 g/mol. The second kappa shape index (κ2) is 5.27. The number of aromatic nitrogens is 2. The van der Waals surface area contributed by atoms with Gasteiger partial charge in [-0.3, -0.25) is 0 Å². The normalized spacial score (nSPS) is 12.3. The van der Waals surface area contributed by atoms with Crippen LogP contribution >= 0.6 is 0 Å². The maximum absolute atomic E-state index is 5.67. The van der Waals surface area contributed by atoms with E-state index in [1.807, 2.05) is 32.3 Å². The van der Waals surface area contributed by atoms with E-state index in [0.29, 0.717) is 11.9 Å². The number of nitrogens with zero attached hydrogens (tertiary/aromatic N) is 3. The van der Waals surface area contributed by atoms with Crippen LogP contribution in [0.25, 0.3) is 0 Å². The molecule has 0 fully saturated rings. The third kappa shape index (κ3) is 3.03. The van der Waals surface area contributed by atoms with Crippen LogP contribution in [0, 0.1) is 6.92 Å². The second-order valence-corrected chi connectivity index (χ2v) is 4.75. The molecule has 1 aromatic heterocycles. The van der Waals surface area contributed by atoms with Gasteiger partial charge >= 0.3 is 6.01 Å². The first kappa shape index (κ1) is 13.4. The number of hydrogen-bond acceptors (Lipinski definition) is 6. The highest BCUT2D eigenvalue weighted by atomic mass is 16.4. The predicted octanol–water partition coefficient (Wildman–Crippen LogP) is 2.21. The van der Waals surface area contributed by atoms with Crippen molar-refractivity contribution < 1.29 is 4.42 Å². The molecular formula is C13H19N5O. The van der Waals surface area contributed by atoms with Gasteiger partial charge in [-0.05, 0) is 31.5 Å². The lowest BCUT2D eigenvalue weighted by molar-refractivity contribution is 0.475. The van der Waals surface area contributed by atoms with Crippen LogP contribution in [0.4, 0.5) is 17.4 Å². The summed E-state index contributed by atoms with van der Waals surface area (Å²) in [5.41, 5.74) is 8.91. The van der Waals surface area contributed by atoms with Gasteiger partial charge in [0.05, 0.1) is 6.04 Å². The van der Waals surface area contributed by atoms with Crippen LogP contribution in [-0.4, -0.2) is 24.3 Å². The number of benzene rings is 1. The summed E-state index contributed by atoms with van der Waals surface area (Å²) < 4.78 is 5.41. The smallest absolute Gasteiger partial charge is 0.320 e. The molecule has 1 aromatic carbocycles. The Morgan fingerprint density at radius 2 is 2.05 bits per heavy atom. The van der Waals surface area contributed by atoms with Gasteiger partial charge in [-0.2, -0.15) is 0 Å². The lowest BCUT2D eigenvalue weighted by Crippen LogP contribution is -2.10. The van der Waals surface area contributed by atoms with Crippen LogP contribution < -0.4 is 16.0 Å². The lowest BCUT2D eigenvalue weighted by atomic mass is 10.1. The van der Waals surface area contributed by atoms with Crippen molar-refractivity contribution in [2.45, 2.75) is 19.9 Å². The molecule has 2 aromatic rings. The Kier molecular flexibility index (Phi) is 3.71. The zero-order chi connectivity index (χ0) is 14.0. The Hall–Kier alpha value is -2.08. The topological polar surface area (TPSA) is 80.2 Å². The summed E-state index contributed by atoms with van der Waals surface area (Å²) in [7, 11) is 4.01. The van der Waals surface area contributed by atoms with Gasteiger partial charge in [-0.25, -0.2) is 0 Å². The molecule has 0 aliphatic rings. The fraction of sp³-hybridized carbons (Fsp3) is 0.385. The molecular weight excluding hydrogens is 242 g/mol. The third-order valence-corrected chi connectivity index (χ3v) is 2.77. The van der Waals surface area contributed by atoms with Crippen LogP contribution in [0.2, 0.25) is 0 Å². The summed E-state index contributed by atoms with van der Waals surface area (Å²) >= 11 is 0. The Morgan fingerprint density at radius 3 is 2.63 bits per heavy atom. The molecule has 2 rings (SSSR count). The Morgan fingerprint density at radius 1 is 1.32 bits per heavy atom. The van der Waals surface area contributed by atoms with Crippen molar-refractivity contribution in [2.75, 3.05) is 24.3 Å². The number of nitrogens with two attached hydrogens (primary N) is 1. The highest BCUT2D eigenvalue weighted by molar-refractivity contribution is 5.64. The number of aryl methyl sites for hydroxylation is 1. The fourth-order valence-electron chi connectivity index (χ4n) is 1.76. The average Bonchev–Trinajstić information content (AvgIpc) is 2.80. The van der Waals surface area contributed by atoms with Crippen molar-refractivity contribution in [2.24, 2.45) is 5.73 Å². The number of anilines is 3. The van der Waals surface area contributed by atoms with E-state index in [2.05, 4.69) is 27.3 Å². The minimum absolute atomic E-state index is 0.265. The summed E-state index contributed by atoms with van der Waals surface area (Å²) in [6, 6.07) is 6.13. The largest absolute Gasteiger partial charge is 0.406 e. The molecule has 0 saturated heterocycles. The second-order valence-electron chi connectivity index (χ2n) is 4.75. The Balaban J connectivity index is 2.20. The van der Waals surface area contributed by atoms with E-state index in [0.717, 1.165) is 11.4 Å². The van der Waals surface area contributed by atoms with Gasteiger partial charge in [0.25, 0.3) is 0 Å². The van der Waals surface area contributed by atoms with E-state index >= 15 is 0 Å². The maximum atomic E-state index is 5.67. The van der Waals surface area contributed by atoms with E-state index in [-0.39, 0.29) is 6.04 Å². The van der Waals surface area contributed by atoms with E-state index in [4.69, 9.17) is 10.2 Å². The summed E-state index contributed by atoms with van der Waals surface area (Å²) in [6.07, 6.45) is 0. The van der Waals surface area contributed by atoms with Gasteiger partial charge in [-0.15, -0.1) is 5.10 Å². The molecule has 0 aliphatic heterocycles.